The van der Waals surface area contributed by atoms with Crippen molar-refractivity contribution in [3.05, 3.63) is 33.7 Å². The molecule has 2 aliphatic heterocycles. The number of aryl methyl sites for hydroxylation is 1. The second kappa shape index (κ2) is 10.7. The molecule has 1 fully saturated rings. The van der Waals surface area contributed by atoms with E-state index in [1.165, 1.54) is 11.2 Å². The number of hydrogen-bond acceptors (Lipinski definition) is 9. The van der Waals surface area contributed by atoms with Gasteiger partial charge in [-0.25, -0.2) is 15.0 Å². The molecule has 2 N–H and O–H groups in total. The van der Waals surface area contributed by atoms with Crippen LogP contribution in [0.3, 0.4) is 0 Å². The van der Waals surface area contributed by atoms with E-state index < -0.39 is 6.10 Å². The van der Waals surface area contributed by atoms with E-state index >= 15 is 0 Å². The largest absolute Gasteiger partial charge is 0.392 e. The Hall–Kier alpha value is -2.43. The van der Waals surface area contributed by atoms with Gasteiger partial charge in [-0.3, -0.25) is 14.5 Å². The first kappa shape index (κ1) is 23.7. The van der Waals surface area contributed by atoms with Crippen LogP contribution in [0.15, 0.2) is 12.4 Å². The number of fused-ring (bicyclic) bond motifs is 1. The number of Topliss-reactive ketones (excluding diaryl/α,β-unsaturated/α-hetero) is 1. The summed E-state index contributed by atoms with van der Waals surface area (Å²) in [5, 5.41) is 15.0. The Balaban J connectivity index is 1.23. The van der Waals surface area contributed by atoms with Gasteiger partial charge in [0.1, 0.15) is 17.8 Å². The molecule has 0 radical (unpaired) electrons. The molecule has 1 atom stereocenters. The number of nitrogens with zero attached hydrogens (tertiary/aromatic N) is 5. The lowest BCUT2D eigenvalue weighted by Gasteiger charge is -2.31. The number of amides is 1. The van der Waals surface area contributed by atoms with Gasteiger partial charge in [-0.1, -0.05) is 0 Å². The zero-order chi connectivity index (χ0) is 23.4. The molecule has 9 nitrogen and oxygen atoms in total. The van der Waals surface area contributed by atoms with Crippen LogP contribution in [0.1, 0.15) is 58.7 Å². The van der Waals surface area contributed by atoms with Crippen LogP contribution in [0.5, 0.6) is 0 Å². The SMILES string of the molecule is CC(=O)N1CCC(Nc2cc(C(=O)CC[C@H](O)CN3CCc4sc(C)nc4C3)ncn2)CC1. The number of ketones is 1. The van der Waals surface area contributed by atoms with Gasteiger partial charge in [-0.2, -0.15) is 0 Å². The van der Waals surface area contributed by atoms with Crippen LogP contribution in [0, 0.1) is 6.92 Å². The fourth-order valence-corrected chi connectivity index (χ4v) is 5.42. The van der Waals surface area contributed by atoms with Gasteiger partial charge >= 0.3 is 0 Å². The Kier molecular flexibility index (Phi) is 7.67. The van der Waals surface area contributed by atoms with Crippen LogP contribution >= 0.6 is 11.3 Å². The highest BCUT2D eigenvalue weighted by molar-refractivity contribution is 7.11. The lowest BCUT2D eigenvalue weighted by molar-refractivity contribution is -0.129. The standard InChI is InChI=1S/C23H32N6O3S/c1-15-26-20-13-28(8-7-22(20)33-15)12-18(31)3-4-21(32)19-11-23(25-14-24-19)27-17-5-9-29(10-6-17)16(2)30/h11,14,17-18,31H,3-10,12-13H2,1-2H3,(H,24,25,27)/t18-/m0/s1. The van der Waals surface area contributed by atoms with Crippen molar-refractivity contribution in [2.24, 2.45) is 0 Å². The van der Waals surface area contributed by atoms with Crippen molar-refractivity contribution in [1.82, 2.24) is 24.8 Å². The molecule has 0 aliphatic carbocycles. The number of aliphatic hydroxyl groups excluding tert-OH is 1. The normalized spacial score (nSPS) is 18.1. The molecular weight excluding hydrogens is 440 g/mol. The minimum atomic E-state index is -0.568. The minimum Gasteiger partial charge on any atom is -0.392 e. The van der Waals surface area contributed by atoms with Crippen molar-refractivity contribution in [3.63, 3.8) is 0 Å². The lowest BCUT2D eigenvalue weighted by atomic mass is 10.0. The van der Waals surface area contributed by atoms with Gasteiger partial charge in [0.15, 0.2) is 5.78 Å². The number of rotatable bonds is 8. The van der Waals surface area contributed by atoms with E-state index in [4.69, 9.17) is 0 Å². The number of piperidine rings is 1. The number of thiazole rings is 1. The summed E-state index contributed by atoms with van der Waals surface area (Å²) in [6.45, 7) is 7.28. The third kappa shape index (κ3) is 6.33. The average Bonchev–Trinajstić information content (AvgIpc) is 3.17. The van der Waals surface area contributed by atoms with Crippen molar-refractivity contribution < 1.29 is 14.7 Å². The van der Waals surface area contributed by atoms with Crippen molar-refractivity contribution in [3.8, 4) is 0 Å². The van der Waals surface area contributed by atoms with Crippen LogP contribution < -0.4 is 5.32 Å². The topological polar surface area (TPSA) is 112 Å². The number of aromatic nitrogens is 3. The maximum atomic E-state index is 12.7. The Morgan fingerprint density at radius 3 is 2.82 bits per heavy atom. The Labute approximate surface area is 198 Å². The van der Waals surface area contributed by atoms with Gasteiger partial charge in [-0.05, 0) is 32.6 Å². The number of likely N-dealkylation sites (tertiary alicyclic amines) is 1. The molecule has 10 heteroatoms. The summed E-state index contributed by atoms with van der Waals surface area (Å²) in [5.41, 5.74) is 1.49. The number of carbonyl (C=O) groups excluding carboxylic acids is 2. The van der Waals surface area contributed by atoms with E-state index in [1.807, 2.05) is 11.8 Å². The maximum Gasteiger partial charge on any atom is 0.219 e. The van der Waals surface area contributed by atoms with Crippen LogP contribution in [0.4, 0.5) is 5.82 Å². The second-order valence-corrected chi connectivity index (χ2v) is 10.2. The fraction of sp³-hybridized carbons (Fsp3) is 0.609. The van der Waals surface area contributed by atoms with Crippen molar-refractivity contribution in [2.45, 2.75) is 64.6 Å². The summed E-state index contributed by atoms with van der Waals surface area (Å²) in [6, 6.07) is 1.90. The van der Waals surface area contributed by atoms with E-state index in [0.29, 0.717) is 24.5 Å². The highest BCUT2D eigenvalue weighted by Gasteiger charge is 2.23. The molecule has 1 saturated heterocycles. The first-order chi connectivity index (χ1) is 15.9. The fourth-order valence-electron chi connectivity index (χ4n) is 4.49. The highest BCUT2D eigenvalue weighted by atomic mass is 32.1. The summed E-state index contributed by atoms with van der Waals surface area (Å²) in [4.78, 5) is 42.5. The zero-order valence-corrected chi connectivity index (χ0v) is 20.1. The molecule has 0 spiro atoms. The van der Waals surface area contributed by atoms with Crippen LogP contribution in [-0.4, -0.2) is 79.9 Å². The number of anilines is 1. The molecular formula is C23H32N6O3S. The molecule has 33 heavy (non-hydrogen) atoms. The molecule has 0 saturated carbocycles. The van der Waals surface area contributed by atoms with Crippen LogP contribution in [-0.2, 0) is 17.8 Å². The highest BCUT2D eigenvalue weighted by Crippen LogP contribution is 2.24. The van der Waals surface area contributed by atoms with E-state index in [0.717, 1.165) is 56.1 Å². The van der Waals surface area contributed by atoms with Gasteiger partial charge in [0.2, 0.25) is 5.91 Å². The molecule has 0 bridgehead atoms. The number of hydrogen-bond donors (Lipinski definition) is 2. The van der Waals surface area contributed by atoms with Gasteiger partial charge in [-0.15, -0.1) is 11.3 Å². The summed E-state index contributed by atoms with van der Waals surface area (Å²) >= 11 is 1.76. The van der Waals surface area contributed by atoms with Crippen molar-refractivity contribution >= 4 is 28.8 Å². The number of nitrogens with one attached hydrogen (secondary N) is 1. The molecule has 0 aromatic carbocycles. The Morgan fingerprint density at radius 2 is 2.06 bits per heavy atom. The van der Waals surface area contributed by atoms with E-state index in [2.05, 4.69) is 25.2 Å². The molecule has 2 aromatic rings. The average molecular weight is 473 g/mol. The summed E-state index contributed by atoms with van der Waals surface area (Å²) in [7, 11) is 0. The molecule has 4 heterocycles. The van der Waals surface area contributed by atoms with E-state index in [1.54, 1.807) is 24.3 Å². The zero-order valence-electron chi connectivity index (χ0n) is 19.3. The third-order valence-electron chi connectivity index (χ3n) is 6.33. The molecule has 2 aliphatic rings. The van der Waals surface area contributed by atoms with E-state index in [9.17, 15) is 14.7 Å². The van der Waals surface area contributed by atoms with Gasteiger partial charge in [0.25, 0.3) is 0 Å². The predicted octanol–water partition coefficient (Wildman–Crippen LogP) is 2.05. The second-order valence-electron chi connectivity index (χ2n) is 8.92. The first-order valence-corrected chi connectivity index (χ1v) is 12.4. The van der Waals surface area contributed by atoms with Gasteiger partial charge < -0.3 is 15.3 Å². The summed E-state index contributed by atoms with van der Waals surface area (Å²) in [5.74, 6) is 0.633. The Bertz CT molecular complexity index is 988. The number of aliphatic hydroxyl groups is 1. The smallest absolute Gasteiger partial charge is 0.219 e. The maximum absolute atomic E-state index is 12.7. The quantitative estimate of drug-likeness (QED) is 0.562. The van der Waals surface area contributed by atoms with Crippen molar-refractivity contribution in [2.75, 3.05) is 31.5 Å². The third-order valence-corrected chi connectivity index (χ3v) is 7.41. The lowest BCUT2D eigenvalue weighted by Crippen LogP contribution is -2.41. The minimum absolute atomic E-state index is 0.0954. The van der Waals surface area contributed by atoms with Gasteiger partial charge in [0, 0.05) is 63.1 Å². The molecule has 2 aromatic heterocycles. The Morgan fingerprint density at radius 1 is 1.27 bits per heavy atom. The number of β-amino-alcohol motifs (C(OH)–C–C–N with tert-alkyl or cyclic N) is 1. The van der Waals surface area contributed by atoms with Crippen LogP contribution in [0.2, 0.25) is 0 Å². The first-order valence-electron chi connectivity index (χ1n) is 11.6. The van der Waals surface area contributed by atoms with Crippen LogP contribution in [0.25, 0.3) is 0 Å². The van der Waals surface area contributed by atoms with Gasteiger partial charge in [0.05, 0.1) is 16.8 Å². The molecule has 178 valence electrons. The van der Waals surface area contributed by atoms with Crippen molar-refractivity contribution in [1.29, 1.82) is 0 Å². The van der Waals surface area contributed by atoms with E-state index in [-0.39, 0.29) is 24.2 Å². The summed E-state index contributed by atoms with van der Waals surface area (Å²) in [6.07, 6.45) is 4.13. The molecule has 4 rings (SSSR count). The number of carbonyl (C=O) groups is 2. The predicted molar refractivity (Wildman–Crippen MR) is 126 cm³/mol. The molecule has 0 unspecified atom stereocenters. The molecule has 1 amide bonds. The summed E-state index contributed by atoms with van der Waals surface area (Å²) < 4.78 is 0. The monoisotopic (exact) mass is 472 g/mol.